The maximum absolute atomic E-state index is 12.7. The minimum absolute atomic E-state index is 0.0785. The minimum Gasteiger partial charge on any atom is -0.435 e. The number of amides is 2. The summed E-state index contributed by atoms with van der Waals surface area (Å²) in [5.41, 5.74) is 0.557. The van der Waals surface area contributed by atoms with Gasteiger partial charge in [-0.15, -0.1) is 0 Å². The standard InChI is InChI=1S/C19H16Cl2F2N2O3/c20-15-6-2-5-14(16(15)21)18(27)25-9-7-24(8-10-25)17(26)12-3-1-4-13(11-12)28-19(22)23/h1-6,11,19H,7-10H2. The highest BCUT2D eigenvalue weighted by Crippen LogP contribution is 2.27. The van der Waals surface area contributed by atoms with Gasteiger partial charge in [0.1, 0.15) is 5.75 Å². The summed E-state index contributed by atoms with van der Waals surface area (Å²) < 4.78 is 29.0. The molecular weight excluding hydrogens is 413 g/mol. The van der Waals surface area contributed by atoms with Crippen molar-refractivity contribution in [1.29, 1.82) is 0 Å². The van der Waals surface area contributed by atoms with E-state index in [1.807, 2.05) is 0 Å². The van der Waals surface area contributed by atoms with E-state index in [0.717, 1.165) is 0 Å². The van der Waals surface area contributed by atoms with Crippen LogP contribution in [0.25, 0.3) is 0 Å². The van der Waals surface area contributed by atoms with Gasteiger partial charge in [-0.1, -0.05) is 35.3 Å². The average molecular weight is 429 g/mol. The van der Waals surface area contributed by atoms with Crippen LogP contribution in [0.1, 0.15) is 20.7 Å². The Kier molecular flexibility index (Phi) is 6.36. The Hall–Kier alpha value is -2.38. The van der Waals surface area contributed by atoms with Gasteiger partial charge >= 0.3 is 6.61 Å². The second kappa shape index (κ2) is 8.75. The first-order valence-corrected chi connectivity index (χ1v) is 9.20. The van der Waals surface area contributed by atoms with Crippen molar-refractivity contribution in [3.05, 3.63) is 63.6 Å². The van der Waals surface area contributed by atoms with E-state index in [-0.39, 0.29) is 28.1 Å². The van der Waals surface area contributed by atoms with Crippen molar-refractivity contribution in [3.8, 4) is 5.75 Å². The van der Waals surface area contributed by atoms with Crippen molar-refractivity contribution < 1.29 is 23.1 Å². The summed E-state index contributed by atoms with van der Waals surface area (Å²) in [5, 5.41) is 0.496. The molecule has 1 aliphatic heterocycles. The van der Waals surface area contributed by atoms with Gasteiger partial charge in [-0.2, -0.15) is 8.78 Å². The Labute approximate surface area is 170 Å². The van der Waals surface area contributed by atoms with E-state index in [1.165, 1.54) is 24.3 Å². The number of carbonyl (C=O) groups is 2. The molecule has 1 aliphatic rings. The molecule has 2 aromatic carbocycles. The largest absolute Gasteiger partial charge is 0.435 e. The second-order valence-corrected chi connectivity index (χ2v) is 6.88. The molecule has 0 unspecified atom stereocenters. The lowest BCUT2D eigenvalue weighted by Crippen LogP contribution is -2.50. The Morgan fingerprint density at radius 2 is 1.54 bits per heavy atom. The molecule has 1 saturated heterocycles. The van der Waals surface area contributed by atoms with E-state index < -0.39 is 6.61 Å². The van der Waals surface area contributed by atoms with Crippen molar-refractivity contribution in [2.75, 3.05) is 26.2 Å². The SMILES string of the molecule is O=C(c1cccc(OC(F)F)c1)N1CCN(C(=O)c2cccc(Cl)c2Cl)CC1. The predicted octanol–water partition coefficient (Wildman–Crippen LogP) is 4.19. The zero-order valence-electron chi connectivity index (χ0n) is 14.6. The van der Waals surface area contributed by atoms with Crippen LogP contribution in [0.2, 0.25) is 10.0 Å². The first-order valence-electron chi connectivity index (χ1n) is 8.44. The number of ether oxygens (including phenoxy) is 1. The molecule has 0 spiro atoms. The van der Waals surface area contributed by atoms with Crippen LogP contribution in [0.4, 0.5) is 8.78 Å². The fourth-order valence-corrected chi connectivity index (χ4v) is 3.32. The van der Waals surface area contributed by atoms with E-state index in [0.29, 0.717) is 36.8 Å². The van der Waals surface area contributed by atoms with E-state index in [2.05, 4.69) is 4.74 Å². The second-order valence-electron chi connectivity index (χ2n) is 6.09. The molecular formula is C19H16Cl2F2N2O3. The molecule has 5 nitrogen and oxygen atoms in total. The Morgan fingerprint density at radius 3 is 2.18 bits per heavy atom. The van der Waals surface area contributed by atoms with Crippen LogP contribution in [0.15, 0.2) is 42.5 Å². The van der Waals surface area contributed by atoms with Crippen molar-refractivity contribution in [2.24, 2.45) is 0 Å². The molecule has 2 aromatic rings. The molecule has 148 valence electrons. The first-order chi connectivity index (χ1) is 13.4. The Morgan fingerprint density at radius 1 is 0.929 bits per heavy atom. The highest BCUT2D eigenvalue weighted by Gasteiger charge is 2.27. The number of benzene rings is 2. The Balaban J connectivity index is 1.64. The van der Waals surface area contributed by atoms with Gasteiger partial charge in [-0.05, 0) is 30.3 Å². The van der Waals surface area contributed by atoms with E-state index >= 15 is 0 Å². The third kappa shape index (κ3) is 4.54. The van der Waals surface area contributed by atoms with Crippen molar-refractivity contribution >= 4 is 35.0 Å². The lowest BCUT2D eigenvalue weighted by Gasteiger charge is -2.35. The van der Waals surface area contributed by atoms with Crippen LogP contribution in [-0.4, -0.2) is 54.4 Å². The van der Waals surface area contributed by atoms with Gasteiger partial charge in [0.15, 0.2) is 0 Å². The van der Waals surface area contributed by atoms with Gasteiger partial charge in [-0.25, -0.2) is 0 Å². The summed E-state index contributed by atoms with van der Waals surface area (Å²) in [7, 11) is 0. The molecule has 0 bridgehead atoms. The van der Waals surface area contributed by atoms with Gasteiger partial charge < -0.3 is 14.5 Å². The number of nitrogens with zero attached hydrogens (tertiary/aromatic N) is 2. The van der Waals surface area contributed by atoms with E-state index in [9.17, 15) is 18.4 Å². The number of halogens is 4. The zero-order chi connectivity index (χ0) is 20.3. The molecule has 1 fully saturated rings. The fourth-order valence-electron chi connectivity index (χ4n) is 2.94. The van der Waals surface area contributed by atoms with Crippen LogP contribution in [0.5, 0.6) is 5.75 Å². The number of piperazine rings is 1. The van der Waals surface area contributed by atoms with Gasteiger partial charge in [-0.3, -0.25) is 9.59 Å². The molecule has 0 atom stereocenters. The van der Waals surface area contributed by atoms with Crippen LogP contribution < -0.4 is 4.74 Å². The van der Waals surface area contributed by atoms with Gasteiger partial charge in [0.2, 0.25) is 0 Å². The minimum atomic E-state index is -2.96. The lowest BCUT2D eigenvalue weighted by molar-refractivity contribution is -0.0499. The third-order valence-corrected chi connectivity index (χ3v) is 5.16. The molecule has 9 heteroatoms. The normalized spacial score (nSPS) is 14.3. The lowest BCUT2D eigenvalue weighted by atomic mass is 10.1. The summed E-state index contributed by atoms with van der Waals surface area (Å²) in [6.45, 7) is -1.70. The molecule has 0 radical (unpaired) electrons. The zero-order valence-corrected chi connectivity index (χ0v) is 16.1. The smallest absolute Gasteiger partial charge is 0.387 e. The van der Waals surface area contributed by atoms with E-state index in [1.54, 1.807) is 28.0 Å². The first kappa shape index (κ1) is 20.4. The van der Waals surface area contributed by atoms with Crippen LogP contribution in [-0.2, 0) is 0 Å². The topological polar surface area (TPSA) is 49.9 Å². The highest BCUT2D eigenvalue weighted by molar-refractivity contribution is 6.43. The molecule has 0 aromatic heterocycles. The summed E-state index contributed by atoms with van der Waals surface area (Å²) >= 11 is 12.1. The summed E-state index contributed by atoms with van der Waals surface area (Å²) in [6, 6.07) is 10.5. The molecule has 0 saturated carbocycles. The number of hydrogen-bond acceptors (Lipinski definition) is 3. The van der Waals surface area contributed by atoms with E-state index in [4.69, 9.17) is 23.2 Å². The maximum atomic E-state index is 12.7. The van der Waals surface area contributed by atoms with Crippen LogP contribution in [0.3, 0.4) is 0 Å². The molecule has 28 heavy (non-hydrogen) atoms. The van der Waals surface area contributed by atoms with Crippen LogP contribution >= 0.6 is 23.2 Å². The predicted molar refractivity (Wildman–Crippen MR) is 101 cm³/mol. The average Bonchev–Trinajstić information content (AvgIpc) is 2.69. The molecule has 0 N–H and O–H groups in total. The fraction of sp³-hybridized carbons (Fsp3) is 0.263. The summed E-state index contributed by atoms with van der Waals surface area (Å²) in [6.07, 6.45) is 0. The summed E-state index contributed by atoms with van der Waals surface area (Å²) in [4.78, 5) is 28.4. The van der Waals surface area contributed by atoms with Gasteiger partial charge in [0.05, 0.1) is 15.6 Å². The molecule has 0 aliphatic carbocycles. The quantitative estimate of drug-likeness (QED) is 0.733. The van der Waals surface area contributed by atoms with Gasteiger partial charge in [0.25, 0.3) is 11.8 Å². The van der Waals surface area contributed by atoms with Gasteiger partial charge in [0, 0.05) is 31.7 Å². The maximum Gasteiger partial charge on any atom is 0.387 e. The number of rotatable bonds is 4. The number of alkyl halides is 2. The molecule has 1 heterocycles. The third-order valence-electron chi connectivity index (χ3n) is 4.34. The van der Waals surface area contributed by atoms with Crippen molar-refractivity contribution in [2.45, 2.75) is 6.61 Å². The highest BCUT2D eigenvalue weighted by atomic mass is 35.5. The van der Waals surface area contributed by atoms with Crippen LogP contribution in [0, 0.1) is 0 Å². The molecule has 3 rings (SSSR count). The number of hydrogen-bond donors (Lipinski definition) is 0. The number of carbonyl (C=O) groups excluding carboxylic acids is 2. The van der Waals surface area contributed by atoms with Crippen molar-refractivity contribution in [3.63, 3.8) is 0 Å². The monoisotopic (exact) mass is 428 g/mol. The van der Waals surface area contributed by atoms with Crippen molar-refractivity contribution in [1.82, 2.24) is 9.80 Å². The summed E-state index contributed by atoms with van der Waals surface area (Å²) in [5.74, 6) is -0.648. The Bertz CT molecular complexity index is 887. The molecule has 2 amide bonds.